The second kappa shape index (κ2) is 4.02. The molecule has 0 spiro atoms. The summed E-state index contributed by atoms with van der Waals surface area (Å²) in [5, 5.41) is 0. The van der Waals surface area contributed by atoms with Gasteiger partial charge in [0, 0.05) is 18.7 Å². The number of carbonyl (C=O) groups excluding carboxylic acids is 1. The van der Waals surface area contributed by atoms with Crippen molar-refractivity contribution in [2.75, 3.05) is 11.4 Å². The Bertz CT molecular complexity index is 437. The molecule has 0 saturated carbocycles. The number of hydrogen-bond donors (Lipinski definition) is 0. The highest BCUT2D eigenvalue weighted by molar-refractivity contribution is 5.89. The summed E-state index contributed by atoms with van der Waals surface area (Å²) in [6.45, 7) is 8.32. The van der Waals surface area contributed by atoms with E-state index >= 15 is 0 Å². The highest BCUT2D eigenvalue weighted by Crippen LogP contribution is 2.34. The van der Waals surface area contributed by atoms with Crippen molar-refractivity contribution in [2.24, 2.45) is 0 Å². The Morgan fingerprint density at radius 2 is 2.24 bits per heavy atom. The molecule has 1 aromatic heterocycles. The smallest absolute Gasteiger partial charge is 0.416 e. The van der Waals surface area contributed by atoms with E-state index in [-0.39, 0.29) is 6.09 Å². The first-order valence-corrected chi connectivity index (χ1v) is 5.84. The number of carbonyl (C=O) groups is 1. The number of aromatic nitrogens is 1. The number of ether oxygens (including phenoxy) is 1. The zero-order chi connectivity index (χ0) is 12.6. The van der Waals surface area contributed by atoms with Gasteiger partial charge in [-0.3, -0.25) is 4.90 Å². The average molecular weight is 234 g/mol. The lowest BCUT2D eigenvalue weighted by Gasteiger charge is -2.24. The second-order valence-electron chi connectivity index (χ2n) is 5.41. The summed E-state index contributed by atoms with van der Waals surface area (Å²) in [7, 11) is 0. The first-order chi connectivity index (χ1) is 7.88. The van der Waals surface area contributed by atoms with Crippen molar-refractivity contribution in [3.63, 3.8) is 0 Å². The van der Waals surface area contributed by atoms with Gasteiger partial charge in [0.2, 0.25) is 0 Å². The van der Waals surface area contributed by atoms with E-state index in [0.717, 1.165) is 11.4 Å². The number of hydrogen-bond acceptors (Lipinski definition) is 3. The lowest BCUT2D eigenvalue weighted by molar-refractivity contribution is 0.0581. The van der Waals surface area contributed by atoms with E-state index in [4.69, 9.17) is 4.74 Å². The molecule has 0 aromatic carbocycles. The van der Waals surface area contributed by atoms with Crippen molar-refractivity contribution >= 4 is 11.9 Å². The first-order valence-electron chi connectivity index (χ1n) is 5.84. The molecule has 0 aliphatic carbocycles. The van der Waals surface area contributed by atoms with E-state index in [2.05, 4.69) is 11.9 Å². The molecule has 2 rings (SSSR count). The van der Waals surface area contributed by atoms with E-state index in [0.29, 0.717) is 12.5 Å². The van der Waals surface area contributed by atoms with Crippen molar-refractivity contribution in [1.82, 2.24) is 4.98 Å². The van der Waals surface area contributed by atoms with Crippen molar-refractivity contribution in [1.29, 1.82) is 0 Å². The highest BCUT2D eigenvalue weighted by Gasteiger charge is 2.33. The summed E-state index contributed by atoms with van der Waals surface area (Å²) < 4.78 is 5.37. The maximum absolute atomic E-state index is 12.0. The Morgan fingerprint density at radius 1 is 1.53 bits per heavy atom. The van der Waals surface area contributed by atoms with E-state index in [1.165, 1.54) is 0 Å². The number of rotatable bonds is 0. The monoisotopic (exact) mass is 234 g/mol. The molecule has 0 N–H and O–H groups in total. The molecule has 1 aliphatic rings. The second-order valence-corrected chi connectivity index (χ2v) is 5.41. The molecular weight excluding hydrogens is 216 g/mol. The number of pyridine rings is 1. The molecule has 92 valence electrons. The van der Waals surface area contributed by atoms with Crippen LogP contribution in [0, 0.1) is 0 Å². The molecule has 0 saturated heterocycles. The maximum atomic E-state index is 12.0. The molecule has 1 amide bonds. The Balaban J connectivity index is 2.23. The molecule has 0 bridgehead atoms. The maximum Gasteiger partial charge on any atom is 0.416 e. The molecule has 1 atom stereocenters. The predicted octanol–water partition coefficient (Wildman–Crippen LogP) is 2.94. The van der Waals surface area contributed by atoms with Gasteiger partial charge in [0.15, 0.2) is 0 Å². The zero-order valence-electron chi connectivity index (χ0n) is 10.7. The van der Waals surface area contributed by atoms with E-state index < -0.39 is 5.60 Å². The van der Waals surface area contributed by atoms with Crippen LogP contribution in [0.3, 0.4) is 0 Å². The zero-order valence-corrected chi connectivity index (χ0v) is 10.7. The number of fused-ring (bicyclic) bond motifs is 1. The summed E-state index contributed by atoms with van der Waals surface area (Å²) >= 11 is 0. The van der Waals surface area contributed by atoms with Gasteiger partial charge < -0.3 is 4.74 Å². The third-order valence-corrected chi connectivity index (χ3v) is 2.67. The summed E-state index contributed by atoms with van der Waals surface area (Å²) in [5.74, 6) is 1.04. The molecule has 0 fully saturated rings. The quantitative estimate of drug-likeness (QED) is 0.693. The lowest BCUT2D eigenvalue weighted by Crippen LogP contribution is -2.36. The van der Waals surface area contributed by atoms with Crippen molar-refractivity contribution in [2.45, 2.75) is 39.2 Å². The Morgan fingerprint density at radius 3 is 2.88 bits per heavy atom. The van der Waals surface area contributed by atoms with Crippen molar-refractivity contribution in [3.05, 3.63) is 23.9 Å². The topological polar surface area (TPSA) is 42.4 Å². The van der Waals surface area contributed by atoms with E-state index in [1.807, 2.05) is 32.9 Å². The van der Waals surface area contributed by atoms with Gasteiger partial charge in [0.25, 0.3) is 0 Å². The molecule has 17 heavy (non-hydrogen) atoms. The molecular formula is C13H18N2O2. The molecule has 1 aromatic rings. The van der Waals surface area contributed by atoms with Crippen LogP contribution in [0.5, 0.6) is 0 Å². The van der Waals surface area contributed by atoms with Gasteiger partial charge in [-0.15, -0.1) is 0 Å². The van der Waals surface area contributed by atoms with Gasteiger partial charge in [-0.2, -0.15) is 0 Å². The van der Waals surface area contributed by atoms with Gasteiger partial charge in [-0.25, -0.2) is 9.78 Å². The lowest BCUT2D eigenvalue weighted by atomic mass is 10.1. The number of anilines is 1. The van der Waals surface area contributed by atoms with Crippen LogP contribution in [0.25, 0.3) is 0 Å². The summed E-state index contributed by atoms with van der Waals surface area (Å²) in [5.41, 5.74) is 0.635. The Labute approximate surface area is 102 Å². The highest BCUT2D eigenvalue weighted by atomic mass is 16.6. The van der Waals surface area contributed by atoms with Gasteiger partial charge in [0.05, 0.1) is 0 Å². The fourth-order valence-corrected chi connectivity index (χ4v) is 1.96. The van der Waals surface area contributed by atoms with Crippen molar-refractivity contribution < 1.29 is 9.53 Å². The van der Waals surface area contributed by atoms with Gasteiger partial charge >= 0.3 is 6.09 Å². The third kappa shape index (κ3) is 2.40. The minimum Gasteiger partial charge on any atom is -0.443 e. The summed E-state index contributed by atoms with van der Waals surface area (Å²) in [6.07, 6.45) is 1.38. The number of nitrogens with zero attached hydrogens (tertiary/aromatic N) is 2. The average Bonchev–Trinajstić information content (AvgIpc) is 2.55. The molecule has 1 aliphatic heterocycles. The first kappa shape index (κ1) is 11.9. The standard InChI is InChI=1S/C13H18N2O2/c1-9-8-15(12(16)17-13(2,3)4)11-10(9)6-5-7-14-11/h5-7,9H,8H2,1-4H3. The van der Waals surface area contributed by atoms with E-state index in [1.54, 1.807) is 11.1 Å². The van der Waals surface area contributed by atoms with Gasteiger partial charge in [0.1, 0.15) is 11.4 Å². The van der Waals surface area contributed by atoms with Gasteiger partial charge in [-0.05, 0) is 32.4 Å². The largest absolute Gasteiger partial charge is 0.443 e. The fourth-order valence-electron chi connectivity index (χ4n) is 1.96. The minimum absolute atomic E-state index is 0.311. The van der Waals surface area contributed by atoms with Crippen LogP contribution in [0.4, 0.5) is 10.6 Å². The summed E-state index contributed by atoms with van der Waals surface area (Å²) in [4.78, 5) is 17.9. The van der Waals surface area contributed by atoms with Crippen LogP contribution in [0.15, 0.2) is 18.3 Å². The molecule has 4 nitrogen and oxygen atoms in total. The number of amides is 1. The molecule has 2 heterocycles. The van der Waals surface area contributed by atoms with Crippen LogP contribution in [0.2, 0.25) is 0 Å². The Hall–Kier alpha value is -1.58. The summed E-state index contributed by atoms with van der Waals surface area (Å²) in [6, 6.07) is 3.91. The molecule has 1 unspecified atom stereocenters. The fraction of sp³-hybridized carbons (Fsp3) is 0.538. The van der Waals surface area contributed by atoms with E-state index in [9.17, 15) is 4.79 Å². The SMILES string of the molecule is CC1CN(C(=O)OC(C)(C)C)c2ncccc21. The minimum atomic E-state index is -0.474. The predicted molar refractivity (Wildman–Crippen MR) is 66.2 cm³/mol. The third-order valence-electron chi connectivity index (χ3n) is 2.67. The van der Waals surface area contributed by atoms with Crippen LogP contribution in [-0.2, 0) is 4.74 Å². The molecule has 4 heteroatoms. The van der Waals surface area contributed by atoms with Crippen molar-refractivity contribution in [3.8, 4) is 0 Å². The van der Waals surface area contributed by atoms with Gasteiger partial charge in [-0.1, -0.05) is 13.0 Å². The van der Waals surface area contributed by atoms with Crippen LogP contribution >= 0.6 is 0 Å². The van der Waals surface area contributed by atoms with Crippen LogP contribution in [-0.4, -0.2) is 23.2 Å². The normalized spacial score (nSPS) is 19.1. The molecule has 0 radical (unpaired) electrons. The van der Waals surface area contributed by atoms with Crippen LogP contribution < -0.4 is 4.90 Å². The van der Waals surface area contributed by atoms with Crippen LogP contribution in [0.1, 0.15) is 39.2 Å². The Kier molecular flexibility index (Phi) is 2.81.